The molecule has 17 heavy (non-hydrogen) atoms. The summed E-state index contributed by atoms with van der Waals surface area (Å²) in [5.41, 5.74) is 1.06. The smallest absolute Gasteiger partial charge is 0.368 e. The van der Waals surface area contributed by atoms with Crippen LogP contribution in [0.4, 0.5) is 0 Å². The van der Waals surface area contributed by atoms with Crippen LogP contribution in [0.1, 0.15) is 18.4 Å². The van der Waals surface area contributed by atoms with Gasteiger partial charge in [0.05, 0.1) is 26.6 Å². The summed E-state index contributed by atoms with van der Waals surface area (Å²) in [6.45, 7) is 2.60. The highest BCUT2D eigenvalue weighted by atomic mass is 16.5. The van der Waals surface area contributed by atoms with E-state index in [0.29, 0.717) is 6.61 Å². The third kappa shape index (κ3) is 1.42. The van der Waals surface area contributed by atoms with Crippen LogP contribution in [0.5, 0.6) is 0 Å². The number of ether oxygens (including phenoxy) is 1. The zero-order chi connectivity index (χ0) is 11.9. The molecule has 1 aromatic rings. The predicted molar refractivity (Wildman–Crippen MR) is 64.1 cm³/mol. The van der Waals surface area contributed by atoms with Crippen LogP contribution in [0.2, 0.25) is 0 Å². The van der Waals surface area contributed by atoms with E-state index in [0.717, 1.165) is 30.4 Å². The van der Waals surface area contributed by atoms with Crippen molar-refractivity contribution in [2.75, 3.05) is 20.2 Å². The molecule has 90 valence electrons. The van der Waals surface area contributed by atoms with E-state index in [1.807, 2.05) is 6.07 Å². The first-order valence-corrected chi connectivity index (χ1v) is 6.22. The minimum Gasteiger partial charge on any atom is -0.461 e. The summed E-state index contributed by atoms with van der Waals surface area (Å²) in [6, 6.07) is 10.4. The number of esters is 1. The molecule has 3 nitrogen and oxygen atoms in total. The highest BCUT2D eigenvalue weighted by Gasteiger charge is 2.65. The van der Waals surface area contributed by atoms with Gasteiger partial charge in [-0.2, -0.15) is 0 Å². The van der Waals surface area contributed by atoms with Crippen molar-refractivity contribution < 1.29 is 14.0 Å². The molecule has 0 radical (unpaired) electrons. The van der Waals surface area contributed by atoms with Crippen LogP contribution in [0, 0.1) is 0 Å². The Morgan fingerprint density at radius 3 is 2.59 bits per heavy atom. The quantitative estimate of drug-likeness (QED) is 0.573. The van der Waals surface area contributed by atoms with Gasteiger partial charge in [0.25, 0.3) is 0 Å². The second kappa shape index (κ2) is 3.57. The van der Waals surface area contributed by atoms with Crippen molar-refractivity contribution in [1.29, 1.82) is 0 Å². The van der Waals surface area contributed by atoms with Gasteiger partial charge in [-0.05, 0) is 0 Å². The van der Waals surface area contributed by atoms with Crippen molar-refractivity contribution in [3.63, 3.8) is 0 Å². The highest BCUT2D eigenvalue weighted by molar-refractivity contribution is 5.82. The molecule has 2 fully saturated rings. The zero-order valence-corrected chi connectivity index (χ0v) is 10.2. The fourth-order valence-electron chi connectivity index (χ4n) is 3.25. The summed E-state index contributed by atoms with van der Waals surface area (Å²) in [5, 5.41) is 0. The lowest BCUT2D eigenvalue weighted by Gasteiger charge is -2.55. The van der Waals surface area contributed by atoms with Gasteiger partial charge in [-0.3, -0.25) is 0 Å². The highest BCUT2D eigenvalue weighted by Crippen LogP contribution is 2.45. The van der Waals surface area contributed by atoms with Crippen molar-refractivity contribution in [1.82, 2.24) is 0 Å². The van der Waals surface area contributed by atoms with Crippen LogP contribution in [0.25, 0.3) is 0 Å². The summed E-state index contributed by atoms with van der Waals surface area (Å²) in [7, 11) is 2.18. The van der Waals surface area contributed by atoms with Crippen molar-refractivity contribution in [2.24, 2.45) is 0 Å². The molecule has 0 aliphatic carbocycles. The Kier molecular flexibility index (Phi) is 2.26. The topological polar surface area (TPSA) is 26.3 Å². The third-order valence-electron chi connectivity index (χ3n) is 4.56. The van der Waals surface area contributed by atoms with Gasteiger partial charge in [-0.15, -0.1) is 0 Å². The fourth-order valence-corrected chi connectivity index (χ4v) is 3.25. The Hall–Kier alpha value is -1.35. The Labute approximate surface area is 102 Å². The second-order valence-corrected chi connectivity index (χ2v) is 5.43. The summed E-state index contributed by atoms with van der Waals surface area (Å²) in [6.07, 6.45) is 1.87. The van der Waals surface area contributed by atoms with Crippen LogP contribution < -0.4 is 0 Å². The average Bonchev–Trinajstić information content (AvgIpc) is 2.73. The van der Waals surface area contributed by atoms with Gasteiger partial charge in [-0.25, -0.2) is 4.79 Å². The molecule has 0 aromatic heterocycles. The molecule has 1 aromatic carbocycles. The molecule has 3 heteroatoms. The van der Waals surface area contributed by atoms with Crippen molar-refractivity contribution >= 4 is 5.97 Å². The summed E-state index contributed by atoms with van der Waals surface area (Å²) in [4.78, 5) is 11.9. The largest absolute Gasteiger partial charge is 0.461 e. The summed E-state index contributed by atoms with van der Waals surface area (Å²) >= 11 is 0. The number of rotatable bonds is 2. The molecule has 0 N–H and O–H groups in total. The molecular formula is C14H18NO2+. The van der Waals surface area contributed by atoms with Crippen molar-refractivity contribution in [3.8, 4) is 0 Å². The third-order valence-corrected chi connectivity index (χ3v) is 4.56. The molecule has 3 rings (SSSR count). The average molecular weight is 232 g/mol. The zero-order valence-electron chi connectivity index (χ0n) is 10.2. The standard InChI is InChI=1S/C14H18NO2/c1-15(11-12-5-3-2-4-6-12)9-7-14(15)8-10-17-13(14)16/h2-6H,7-11H2,1H3/q+1. The number of nitrogens with zero attached hydrogens (tertiary/aromatic N) is 1. The maximum Gasteiger partial charge on any atom is 0.368 e. The molecule has 2 atom stereocenters. The first-order valence-electron chi connectivity index (χ1n) is 6.22. The number of carbonyl (C=O) groups is 1. The van der Waals surface area contributed by atoms with E-state index in [4.69, 9.17) is 4.74 Å². The van der Waals surface area contributed by atoms with E-state index >= 15 is 0 Å². The molecule has 1 spiro atoms. The van der Waals surface area contributed by atoms with Gasteiger partial charge in [-0.1, -0.05) is 30.3 Å². The predicted octanol–water partition coefficient (Wildman–Crippen LogP) is 1.72. The minimum atomic E-state index is -0.240. The van der Waals surface area contributed by atoms with E-state index in [-0.39, 0.29) is 11.5 Å². The fraction of sp³-hybridized carbons (Fsp3) is 0.500. The molecule has 0 amide bonds. The van der Waals surface area contributed by atoms with E-state index in [1.54, 1.807) is 0 Å². The van der Waals surface area contributed by atoms with E-state index in [2.05, 4.69) is 31.3 Å². The van der Waals surface area contributed by atoms with Crippen LogP contribution in [0.15, 0.2) is 30.3 Å². The van der Waals surface area contributed by atoms with E-state index in [9.17, 15) is 4.79 Å². The van der Waals surface area contributed by atoms with Crippen LogP contribution in [0.3, 0.4) is 0 Å². The second-order valence-electron chi connectivity index (χ2n) is 5.43. The normalized spacial score (nSPS) is 35.7. The number of quaternary nitrogens is 1. The van der Waals surface area contributed by atoms with Gasteiger partial charge in [0.1, 0.15) is 6.54 Å². The Bertz CT molecular complexity index is 445. The van der Waals surface area contributed by atoms with Crippen molar-refractivity contribution in [2.45, 2.75) is 24.9 Å². The minimum absolute atomic E-state index is 0.0159. The molecular weight excluding hydrogens is 214 g/mol. The Morgan fingerprint density at radius 1 is 1.29 bits per heavy atom. The monoisotopic (exact) mass is 232 g/mol. The van der Waals surface area contributed by atoms with Gasteiger partial charge < -0.3 is 9.22 Å². The lowest BCUT2D eigenvalue weighted by molar-refractivity contribution is -1.00. The first kappa shape index (κ1) is 10.8. The van der Waals surface area contributed by atoms with E-state index in [1.165, 1.54) is 5.56 Å². The maximum atomic E-state index is 11.9. The van der Waals surface area contributed by atoms with Gasteiger partial charge >= 0.3 is 5.97 Å². The number of hydrogen-bond acceptors (Lipinski definition) is 2. The van der Waals surface area contributed by atoms with Gasteiger partial charge in [0.2, 0.25) is 5.54 Å². The number of likely N-dealkylation sites (tertiary alicyclic amines) is 1. The van der Waals surface area contributed by atoms with Crippen LogP contribution >= 0.6 is 0 Å². The van der Waals surface area contributed by atoms with Crippen LogP contribution in [-0.2, 0) is 16.1 Å². The molecule has 2 aliphatic rings. The number of hydrogen-bond donors (Lipinski definition) is 0. The number of benzene rings is 1. The Morgan fingerprint density at radius 2 is 2.06 bits per heavy atom. The maximum absolute atomic E-state index is 11.9. The molecule has 2 saturated heterocycles. The number of carbonyl (C=O) groups excluding carboxylic acids is 1. The lowest BCUT2D eigenvalue weighted by Crippen LogP contribution is -2.73. The van der Waals surface area contributed by atoms with Gasteiger partial charge in [0, 0.05) is 12.0 Å². The molecule has 0 bridgehead atoms. The lowest BCUT2D eigenvalue weighted by atomic mass is 9.79. The summed E-state index contributed by atoms with van der Waals surface area (Å²) < 4.78 is 6.00. The number of cyclic esters (lactones) is 1. The van der Waals surface area contributed by atoms with E-state index < -0.39 is 0 Å². The number of likely N-dealkylation sites (N-methyl/N-ethyl adjacent to an activating group) is 1. The van der Waals surface area contributed by atoms with Crippen LogP contribution in [-0.4, -0.2) is 36.2 Å². The summed E-state index contributed by atoms with van der Waals surface area (Å²) in [5.74, 6) is 0.0159. The molecule has 2 unspecified atom stereocenters. The first-order chi connectivity index (χ1) is 8.16. The molecule has 0 saturated carbocycles. The van der Waals surface area contributed by atoms with Gasteiger partial charge in [0.15, 0.2) is 0 Å². The SMILES string of the molecule is C[N+]1(Cc2ccccc2)CCC12CCOC2=O. The Balaban J connectivity index is 1.85. The molecule has 2 heterocycles. The van der Waals surface area contributed by atoms with Crippen molar-refractivity contribution in [3.05, 3.63) is 35.9 Å². The molecule has 2 aliphatic heterocycles.